The lowest BCUT2D eigenvalue weighted by Crippen LogP contribution is -1.96. The molecule has 0 saturated carbocycles. The summed E-state index contributed by atoms with van der Waals surface area (Å²) in [6.07, 6.45) is 4.10. The van der Waals surface area contributed by atoms with Crippen LogP contribution in [0.5, 0.6) is 0 Å². The fourth-order valence-electron chi connectivity index (χ4n) is 0.582. The van der Waals surface area contributed by atoms with E-state index >= 15 is 0 Å². The van der Waals surface area contributed by atoms with Crippen LogP contribution in [0.4, 0.5) is 0 Å². The molecule has 0 atom stereocenters. The highest BCUT2D eigenvalue weighted by Crippen LogP contribution is 2.03. The molecular weight excluding hydrogens is 152 g/mol. The maximum atomic E-state index is 10.7. The summed E-state index contributed by atoms with van der Waals surface area (Å²) in [7, 11) is 1.39. The van der Waals surface area contributed by atoms with Crippen LogP contribution in [0.25, 0.3) is 0 Å². The highest BCUT2D eigenvalue weighted by molar-refractivity contribution is 5.71. The van der Waals surface area contributed by atoms with E-state index in [9.17, 15) is 4.79 Å². The van der Waals surface area contributed by atoms with Gasteiger partial charge in [-0.15, -0.1) is 0 Å². The molecule has 0 aliphatic rings. The molecule has 0 aliphatic heterocycles. The number of ether oxygens (including phenoxy) is 1. The molecule has 0 aromatic rings. The molecule has 0 heterocycles. The van der Waals surface area contributed by atoms with Gasteiger partial charge in [-0.1, -0.05) is 23.3 Å². The van der Waals surface area contributed by atoms with Crippen molar-refractivity contribution in [2.45, 2.75) is 27.2 Å². The Morgan fingerprint density at radius 2 is 1.92 bits per heavy atom. The number of esters is 1. The summed E-state index contributed by atoms with van der Waals surface area (Å²) in [5.41, 5.74) is 2.45. The van der Waals surface area contributed by atoms with Crippen molar-refractivity contribution in [3.63, 3.8) is 0 Å². The number of hydrogen-bond donors (Lipinski definition) is 0. The molecule has 68 valence electrons. The Kier molecular flexibility index (Phi) is 5.09. The van der Waals surface area contributed by atoms with Crippen LogP contribution in [0.1, 0.15) is 27.2 Å². The second-order valence-electron chi connectivity index (χ2n) is 2.87. The molecule has 0 N–H and O–H groups in total. The molecule has 0 bridgehead atoms. The Balaban J connectivity index is 3.93. The summed E-state index contributed by atoms with van der Waals surface area (Å²) < 4.78 is 4.49. The van der Waals surface area contributed by atoms with Gasteiger partial charge in [0.05, 0.1) is 13.5 Å². The van der Waals surface area contributed by atoms with Crippen LogP contribution >= 0.6 is 0 Å². The van der Waals surface area contributed by atoms with E-state index in [0.29, 0.717) is 6.42 Å². The van der Waals surface area contributed by atoms with Crippen molar-refractivity contribution in [2.24, 2.45) is 0 Å². The zero-order chi connectivity index (χ0) is 9.56. The molecule has 0 aromatic heterocycles. The van der Waals surface area contributed by atoms with Crippen molar-refractivity contribution in [3.8, 4) is 0 Å². The zero-order valence-corrected chi connectivity index (χ0v) is 8.18. The molecule has 0 fully saturated rings. The first-order chi connectivity index (χ1) is 5.57. The van der Waals surface area contributed by atoms with Crippen LogP contribution in [0.15, 0.2) is 23.3 Å². The topological polar surface area (TPSA) is 26.3 Å². The first-order valence-corrected chi connectivity index (χ1v) is 3.95. The molecule has 12 heavy (non-hydrogen) atoms. The number of rotatable bonds is 3. The van der Waals surface area contributed by atoms with Gasteiger partial charge in [0, 0.05) is 0 Å². The lowest BCUT2D eigenvalue weighted by atomic mass is 10.1. The Hall–Kier alpha value is -1.05. The molecule has 0 aliphatic carbocycles. The molecule has 2 nitrogen and oxygen atoms in total. The van der Waals surface area contributed by atoms with Crippen LogP contribution in [0.3, 0.4) is 0 Å². The SMILES string of the molecule is COC(=O)CC=CC(C)=C(C)C. The van der Waals surface area contributed by atoms with Crippen LogP contribution in [0.2, 0.25) is 0 Å². The normalized spacial score (nSPS) is 10.0. The quantitative estimate of drug-likeness (QED) is 0.478. The molecule has 0 amide bonds. The minimum absolute atomic E-state index is 0.201. The highest BCUT2D eigenvalue weighted by atomic mass is 16.5. The minimum atomic E-state index is -0.201. The smallest absolute Gasteiger partial charge is 0.309 e. The summed E-state index contributed by atoms with van der Waals surface area (Å²) in [5, 5.41) is 0. The molecule has 0 unspecified atom stereocenters. The monoisotopic (exact) mass is 168 g/mol. The number of carbonyl (C=O) groups is 1. The average Bonchev–Trinajstić information content (AvgIpc) is 2.03. The summed E-state index contributed by atoms with van der Waals surface area (Å²) in [6, 6.07) is 0. The van der Waals surface area contributed by atoms with E-state index in [0.717, 1.165) is 0 Å². The van der Waals surface area contributed by atoms with Crippen molar-refractivity contribution in [2.75, 3.05) is 7.11 Å². The lowest BCUT2D eigenvalue weighted by molar-refractivity contribution is -0.139. The van der Waals surface area contributed by atoms with Gasteiger partial charge >= 0.3 is 5.97 Å². The van der Waals surface area contributed by atoms with E-state index < -0.39 is 0 Å². The average molecular weight is 168 g/mol. The van der Waals surface area contributed by atoms with Crippen molar-refractivity contribution in [1.82, 2.24) is 0 Å². The maximum Gasteiger partial charge on any atom is 0.309 e. The third-order valence-electron chi connectivity index (χ3n) is 1.67. The van der Waals surface area contributed by atoms with E-state index in [1.165, 1.54) is 18.3 Å². The Morgan fingerprint density at radius 3 is 2.33 bits per heavy atom. The van der Waals surface area contributed by atoms with Crippen molar-refractivity contribution < 1.29 is 9.53 Å². The van der Waals surface area contributed by atoms with Crippen LogP contribution in [0, 0.1) is 0 Å². The maximum absolute atomic E-state index is 10.7. The third-order valence-corrected chi connectivity index (χ3v) is 1.67. The van der Waals surface area contributed by atoms with Gasteiger partial charge in [-0.3, -0.25) is 4.79 Å². The second kappa shape index (κ2) is 5.58. The summed E-state index contributed by atoms with van der Waals surface area (Å²) >= 11 is 0. The van der Waals surface area contributed by atoms with Gasteiger partial charge in [0.2, 0.25) is 0 Å². The summed E-state index contributed by atoms with van der Waals surface area (Å²) in [5.74, 6) is -0.201. The molecular formula is C10H16O2. The summed E-state index contributed by atoms with van der Waals surface area (Å²) in [4.78, 5) is 10.7. The van der Waals surface area contributed by atoms with Gasteiger partial charge in [0.1, 0.15) is 0 Å². The van der Waals surface area contributed by atoms with Crippen molar-refractivity contribution in [1.29, 1.82) is 0 Å². The van der Waals surface area contributed by atoms with Gasteiger partial charge in [-0.2, -0.15) is 0 Å². The summed E-state index contributed by atoms with van der Waals surface area (Å²) in [6.45, 7) is 6.10. The predicted octanol–water partition coefficient (Wildman–Crippen LogP) is 2.46. The third kappa shape index (κ3) is 4.72. The number of carbonyl (C=O) groups excluding carboxylic acids is 1. The first kappa shape index (κ1) is 11.0. The van der Waals surface area contributed by atoms with Gasteiger partial charge < -0.3 is 4.74 Å². The standard InChI is InChI=1S/C10H16O2/c1-8(2)9(3)6-5-7-10(11)12-4/h5-6H,7H2,1-4H3. The molecule has 0 saturated heterocycles. The molecule has 0 rings (SSSR count). The number of hydrogen-bond acceptors (Lipinski definition) is 2. The number of allylic oxidation sites excluding steroid dienone is 3. The highest BCUT2D eigenvalue weighted by Gasteiger charge is 1.93. The minimum Gasteiger partial charge on any atom is -0.469 e. The Morgan fingerprint density at radius 1 is 1.33 bits per heavy atom. The van der Waals surface area contributed by atoms with Gasteiger partial charge in [-0.25, -0.2) is 0 Å². The fraction of sp³-hybridized carbons (Fsp3) is 0.500. The van der Waals surface area contributed by atoms with Gasteiger partial charge in [-0.05, 0) is 20.8 Å². The zero-order valence-electron chi connectivity index (χ0n) is 8.18. The molecule has 2 heteroatoms. The molecule has 0 aromatic carbocycles. The Labute approximate surface area is 73.9 Å². The van der Waals surface area contributed by atoms with Gasteiger partial charge in [0.15, 0.2) is 0 Å². The number of methoxy groups -OCH3 is 1. The Bertz CT molecular complexity index is 208. The largest absolute Gasteiger partial charge is 0.469 e. The van der Waals surface area contributed by atoms with E-state index in [1.807, 2.05) is 32.9 Å². The van der Waals surface area contributed by atoms with Crippen LogP contribution < -0.4 is 0 Å². The first-order valence-electron chi connectivity index (χ1n) is 3.95. The van der Waals surface area contributed by atoms with Gasteiger partial charge in [0.25, 0.3) is 0 Å². The predicted molar refractivity (Wildman–Crippen MR) is 49.8 cm³/mol. The molecule has 0 radical (unpaired) electrons. The van der Waals surface area contributed by atoms with E-state index in [-0.39, 0.29) is 5.97 Å². The molecule has 0 spiro atoms. The fourth-order valence-corrected chi connectivity index (χ4v) is 0.582. The van der Waals surface area contributed by atoms with Crippen LogP contribution in [-0.2, 0) is 9.53 Å². The van der Waals surface area contributed by atoms with Crippen molar-refractivity contribution in [3.05, 3.63) is 23.3 Å². The van der Waals surface area contributed by atoms with E-state index in [1.54, 1.807) is 0 Å². The van der Waals surface area contributed by atoms with E-state index in [2.05, 4.69) is 4.74 Å². The van der Waals surface area contributed by atoms with Crippen molar-refractivity contribution >= 4 is 5.97 Å². The van der Waals surface area contributed by atoms with Crippen LogP contribution in [-0.4, -0.2) is 13.1 Å². The van der Waals surface area contributed by atoms with E-state index in [4.69, 9.17) is 0 Å². The second-order valence-corrected chi connectivity index (χ2v) is 2.87. The lowest BCUT2D eigenvalue weighted by Gasteiger charge is -1.95.